The molecule has 2 amide bonds. The van der Waals surface area contributed by atoms with E-state index in [2.05, 4.69) is 10.6 Å². The van der Waals surface area contributed by atoms with Crippen LogP contribution >= 0.6 is 0 Å². The Bertz CT molecular complexity index is 686. The van der Waals surface area contributed by atoms with Crippen molar-refractivity contribution in [1.82, 2.24) is 5.32 Å². The lowest BCUT2D eigenvalue weighted by Crippen LogP contribution is -2.24. The first-order valence-corrected chi connectivity index (χ1v) is 5.99. The quantitative estimate of drug-likeness (QED) is 0.885. The Labute approximate surface area is 119 Å². The number of hydrogen-bond donors (Lipinski definition) is 2. The van der Waals surface area contributed by atoms with Gasteiger partial charge in [0.05, 0.1) is 5.69 Å². The van der Waals surface area contributed by atoms with Crippen LogP contribution in [-0.2, 0) is 0 Å². The average molecular weight is 292 g/mol. The van der Waals surface area contributed by atoms with Crippen molar-refractivity contribution in [3.8, 4) is 0 Å². The molecule has 0 fully saturated rings. The minimum Gasteiger partial charge on any atom is -0.314 e. The van der Waals surface area contributed by atoms with E-state index in [1.807, 2.05) is 0 Å². The lowest BCUT2D eigenvalue weighted by atomic mass is 10.2. The van der Waals surface area contributed by atoms with Crippen LogP contribution in [-0.4, -0.2) is 6.03 Å². The van der Waals surface area contributed by atoms with Gasteiger partial charge in [0.1, 0.15) is 17.5 Å². The molecule has 0 saturated carbocycles. The molecule has 0 aliphatic rings. The molecule has 0 aromatic heterocycles. The monoisotopic (exact) mass is 292 g/mol. The van der Waals surface area contributed by atoms with Gasteiger partial charge < -0.3 is 10.6 Å². The van der Waals surface area contributed by atoms with E-state index in [4.69, 9.17) is 0 Å². The largest absolute Gasteiger partial charge is 0.323 e. The second-order valence-corrected chi connectivity index (χ2v) is 4.11. The first-order chi connectivity index (χ1) is 10.0. The van der Waals surface area contributed by atoms with Gasteiger partial charge in [-0.3, -0.25) is 0 Å². The minimum absolute atomic E-state index is 0.145. The van der Waals surface area contributed by atoms with Crippen molar-refractivity contribution in [2.75, 3.05) is 5.32 Å². The summed E-state index contributed by atoms with van der Waals surface area (Å²) in [7, 11) is 0. The van der Waals surface area contributed by atoms with Gasteiger partial charge in [0.15, 0.2) is 0 Å². The van der Waals surface area contributed by atoms with Crippen molar-refractivity contribution in [2.45, 2.75) is 0 Å². The molecular formula is C15H11F3N2O. The second-order valence-electron chi connectivity index (χ2n) is 4.11. The number of hydrogen-bond acceptors (Lipinski definition) is 1. The van der Waals surface area contributed by atoms with Crippen molar-refractivity contribution in [2.24, 2.45) is 0 Å². The zero-order valence-corrected chi connectivity index (χ0v) is 10.7. The van der Waals surface area contributed by atoms with Crippen LogP contribution in [0.4, 0.5) is 23.7 Å². The summed E-state index contributed by atoms with van der Waals surface area (Å²) in [5.74, 6) is -2.00. The van der Waals surface area contributed by atoms with Crippen molar-refractivity contribution in [1.29, 1.82) is 0 Å². The van der Waals surface area contributed by atoms with Crippen LogP contribution in [0.1, 0.15) is 5.56 Å². The van der Waals surface area contributed by atoms with Gasteiger partial charge in [0, 0.05) is 12.3 Å². The van der Waals surface area contributed by atoms with Crippen molar-refractivity contribution in [3.05, 3.63) is 71.7 Å². The Hall–Kier alpha value is -2.76. The van der Waals surface area contributed by atoms with E-state index in [0.717, 1.165) is 12.1 Å². The van der Waals surface area contributed by atoms with Gasteiger partial charge in [-0.25, -0.2) is 18.0 Å². The molecule has 108 valence electrons. The standard InChI is InChI=1S/C15H11F3N2O/c16-11-3-1-2-10(8-11)6-7-19-15(21)20-14-5-4-12(17)9-13(14)18/h1-9H,(H2,19,20,21)/b7-6+. The molecule has 2 aromatic carbocycles. The second kappa shape index (κ2) is 6.60. The third kappa shape index (κ3) is 4.38. The Balaban J connectivity index is 1.93. The molecule has 0 spiro atoms. The Kier molecular flexibility index (Phi) is 4.61. The smallest absolute Gasteiger partial charge is 0.314 e. The van der Waals surface area contributed by atoms with Crippen molar-refractivity contribution in [3.63, 3.8) is 0 Å². The molecule has 2 rings (SSSR count). The normalized spacial score (nSPS) is 10.6. The topological polar surface area (TPSA) is 41.1 Å². The molecular weight excluding hydrogens is 281 g/mol. The fourth-order valence-corrected chi connectivity index (χ4v) is 1.57. The van der Waals surface area contributed by atoms with E-state index in [9.17, 15) is 18.0 Å². The summed E-state index contributed by atoms with van der Waals surface area (Å²) in [5.41, 5.74) is 0.413. The van der Waals surface area contributed by atoms with Crippen LogP contribution in [0.5, 0.6) is 0 Å². The fourth-order valence-electron chi connectivity index (χ4n) is 1.57. The molecule has 3 nitrogen and oxygen atoms in total. The summed E-state index contributed by atoms with van der Waals surface area (Å²) in [4.78, 5) is 11.5. The number of carbonyl (C=O) groups is 1. The molecule has 6 heteroatoms. The fraction of sp³-hybridized carbons (Fsp3) is 0. The van der Waals surface area contributed by atoms with E-state index in [-0.39, 0.29) is 5.69 Å². The third-order valence-electron chi connectivity index (χ3n) is 2.52. The molecule has 0 aliphatic carbocycles. The summed E-state index contributed by atoms with van der Waals surface area (Å²) >= 11 is 0. The maximum atomic E-state index is 13.3. The molecule has 0 radical (unpaired) electrons. The number of anilines is 1. The van der Waals surface area contributed by atoms with Crippen LogP contribution in [0.25, 0.3) is 6.08 Å². The predicted molar refractivity (Wildman–Crippen MR) is 73.9 cm³/mol. The van der Waals surface area contributed by atoms with Gasteiger partial charge in [-0.1, -0.05) is 12.1 Å². The van der Waals surface area contributed by atoms with Crippen LogP contribution in [0.3, 0.4) is 0 Å². The predicted octanol–water partition coefficient (Wildman–Crippen LogP) is 3.90. The zero-order valence-electron chi connectivity index (χ0n) is 10.7. The third-order valence-corrected chi connectivity index (χ3v) is 2.52. The number of urea groups is 1. The maximum absolute atomic E-state index is 13.3. The van der Waals surface area contributed by atoms with Gasteiger partial charge in [-0.2, -0.15) is 0 Å². The number of halogens is 3. The number of carbonyl (C=O) groups excluding carboxylic acids is 1. The van der Waals surface area contributed by atoms with Crippen LogP contribution < -0.4 is 10.6 Å². The van der Waals surface area contributed by atoms with Gasteiger partial charge in [-0.05, 0) is 35.9 Å². The van der Waals surface area contributed by atoms with Crippen LogP contribution in [0.2, 0.25) is 0 Å². The van der Waals surface area contributed by atoms with Crippen LogP contribution in [0.15, 0.2) is 48.7 Å². The summed E-state index contributed by atoms with van der Waals surface area (Å²) < 4.78 is 38.9. The highest BCUT2D eigenvalue weighted by Crippen LogP contribution is 2.14. The molecule has 0 atom stereocenters. The lowest BCUT2D eigenvalue weighted by molar-refractivity contribution is 0.255. The Morgan fingerprint density at radius 2 is 1.76 bits per heavy atom. The number of benzene rings is 2. The number of rotatable bonds is 3. The molecule has 0 unspecified atom stereocenters. The first kappa shape index (κ1) is 14.6. The lowest BCUT2D eigenvalue weighted by Gasteiger charge is -2.05. The summed E-state index contributed by atoms with van der Waals surface area (Å²) in [6.07, 6.45) is 2.76. The average Bonchev–Trinajstić information content (AvgIpc) is 2.42. The number of amides is 2. The number of nitrogens with one attached hydrogen (secondary N) is 2. The minimum atomic E-state index is -0.876. The van der Waals surface area contributed by atoms with E-state index < -0.39 is 23.5 Å². The van der Waals surface area contributed by atoms with E-state index in [0.29, 0.717) is 11.6 Å². The highest BCUT2D eigenvalue weighted by atomic mass is 19.1. The van der Waals surface area contributed by atoms with Gasteiger partial charge in [0.25, 0.3) is 0 Å². The van der Waals surface area contributed by atoms with Crippen molar-refractivity contribution >= 4 is 17.8 Å². The van der Waals surface area contributed by atoms with Crippen molar-refractivity contribution < 1.29 is 18.0 Å². The van der Waals surface area contributed by atoms with Gasteiger partial charge in [-0.15, -0.1) is 0 Å². The molecule has 2 aromatic rings. The summed E-state index contributed by atoms with van der Waals surface area (Å²) in [6, 6.07) is 7.87. The molecule has 0 saturated heterocycles. The highest BCUT2D eigenvalue weighted by Gasteiger charge is 2.06. The van der Waals surface area contributed by atoms with E-state index >= 15 is 0 Å². The van der Waals surface area contributed by atoms with Gasteiger partial charge >= 0.3 is 6.03 Å². The molecule has 0 aliphatic heterocycles. The summed E-state index contributed by atoms with van der Waals surface area (Å²) in [5, 5.41) is 4.55. The van der Waals surface area contributed by atoms with Gasteiger partial charge in [0.2, 0.25) is 0 Å². The van der Waals surface area contributed by atoms with Crippen LogP contribution in [0, 0.1) is 17.5 Å². The Morgan fingerprint density at radius 3 is 2.48 bits per heavy atom. The molecule has 21 heavy (non-hydrogen) atoms. The molecule has 0 bridgehead atoms. The summed E-state index contributed by atoms with van der Waals surface area (Å²) in [6.45, 7) is 0. The molecule has 0 heterocycles. The zero-order chi connectivity index (χ0) is 15.2. The van der Waals surface area contributed by atoms with E-state index in [1.165, 1.54) is 30.5 Å². The SMILES string of the molecule is O=C(N/C=C/c1cccc(F)c1)Nc1ccc(F)cc1F. The first-order valence-electron chi connectivity index (χ1n) is 5.99. The van der Waals surface area contributed by atoms with E-state index in [1.54, 1.807) is 6.07 Å². The maximum Gasteiger partial charge on any atom is 0.323 e. The highest BCUT2D eigenvalue weighted by molar-refractivity contribution is 5.90. The Morgan fingerprint density at radius 1 is 1.00 bits per heavy atom. The molecule has 2 N–H and O–H groups in total.